The fraction of sp³-hybridized carbons (Fsp3) is 0.333. The summed E-state index contributed by atoms with van der Waals surface area (Å²) in [5, 5.41) is 3.36. The first-order valence-electron chi connectivity index (χ1n) is 4.56. The Bertz CT molecular complexity index is 271. The first-order valence-corrected chi connectivity index (χ1v) is 4.56. The van der Waals surface area contributed by atoms with Gasteiger partial charge in [-0.15, -0.1) is 12.3 Å². The molecule has 0 saturated carbocycles. The summed E-state index contributed by atoms with van der Waals surface area (Å²) in [5.74, 6) is 2.61. The van der Waals surface area contributed by atoms with E-state index in [1.54, 1.807) is 0 Å². The van der Waals surface area contributed by atoms with Gasteiger partial charge in [0.2, 0.25) is 0 Å². The van der Waals surface area contributed by atoms with Crippen LogP contribution in [0.1, 0.15) is 24.9 Å². The SMILES string of the molecule is C#CCCN[C@@H](C)c1ccccc1. The number of benzene rings is 1. The van der Waals surface area contributed by atoms with E-state index in [1.807, 2.05) is 6.07 Å². The second-order valence-corrected chi connectivity index (χ2v) is 3.04. The average molecular weight is 173 g/mol. The molecule has 0 unspecified atom stereocenters. The van der Waals surface area contributed by atoms with Gasteiger partial charge in [-0.25, -0.2) is 0 Å². The maximum Gasteiger partial charge on any atom is 0.0292 e. The van der Waals surface area contributed by atoms with Crippen molar-refractivity contribution in [2.24, 2.45) is 0 Å². The topological polar surface area (TPSA) is 12.0 Å². The van der Waals surface area contributed by atoms with E-state index < -0.39 is 0 Å². The highest BCUT2D eigenvalue weighted by Gasteiger charge is 2.01. The monoisotopic (exact) mass is 173 g/mol. The molecule has 68 valence electrons. The second kappa shape index (κ2) is 5.40. The molecular weight excluding hydrogens is 158 g/mol. The minimum absolute atomic E-state index is 0.384. The molecular formula is C12H15N. The number of terminal acetylenes is 1. The molecule has 0 bridgehead atoms. The largest absolute Gasteiger partial charge is 0.309 e. The minimum Gasteiger partial charge on any atom is -0.309 e. The van der Waals surface area contributed by atoms with E-state index in [0.717, 1.165) is 13.0 Å². The molecule has 1 aromatic carbocycles. The molecule has 0 saturated heterocycles. The molecule has 0 aliphatic heterocycles. The highest BCUT2D eigenvalue weighted by Crippen LogP contribution is 2.10. The van der Waals surface area contributed by atoms with Gasteiger partial charge in [0, 0.05) is 19.0 Å². The third-order valence-electron chi connectivity index (χ3n) is 2.02. The van der Waals surface area contributed by atoms with Crippen molar-refractivity contribution < 1.29 is 0 Å². The van der Waals surface area contributed by atoms with Crippen LogP contribution in [0.4, 0.5) is 0 Å². The van der Waals surface area contributed by atoms with Crippen LogP contribution < -0.4 is 5.32 Å². The van der Waals surface area contributed by atoms with Gasteiger partial charge in [0.05, 0.1) is 0 Å². The minimum atomic E-state index is 0.384. The zero-order valence-corrected chi connectivity index (χ0v) is 7.96. The van der Waals surface area contributed by atoms with Gasteiger partial charge in [-0.05, 0) is 12.5 Å². The van der Waals surface area contributed by atoms with E-state index >= 15 is 0 Å². The van der Waals surface area contributed by atoms with E-state index in [9.17, 15) is 0 Å². The Hall–Kier alpha value is -1.26. The molecule has 0 fully saturated rings. The van der Waals surface area contributed by atoms with E-state index in [0.29, 0.717) is 6.04 Å². The van der Waals surface area contributed by atoms with Crippen molar-refractivity contribution in [2.75, 3.05) is 6.54 Å². The normalized spacial score (nSPS) is 12.0. The predicted molar refractivity (Wildman–Crippen MR) is 56.3 cm³/mol. The van der Waals surface area contributed by atoms with Crippen molar-refractivity contribution in [3.8, 4) is 12.3 Å². The summed E-state index contributed by atoms with van der Waals surface area (Å²) in [5.41, 5.74) is 1.31. The first-order chi connectivity index (χ1) is 6.34. The van der Waals surface area contributed by atoms with Crippen LogP contribution in [-0.4, -0.2) is 6.54 Å². The molecule has 1 nitrogen and oxygen atoms in total. The summed E-state index contributed by atoms with van der Waals surface area (Å²) in [6.45, 7) is 3.03. The summed E-state index contributed by atoms with van der Waals surface area (Å²) in [7, 11) is 0. The summed E-state index contributed by atoms with van der Waals surface area (Å²) < 4.78 is 0. The average Bonchev–Trinajstić information content (AvgIpc) is 2.19. The summed E-state index contributed by atoms with van der Waals surface area (Å²) in [6.07, 6.45) is 5.95. The Morgan fingerprint density at radius 2 is 2.08 bits per heavy atom. The highest BCUT2D eigenvalue weighted by atomic mass is 14.9. The number of hydrogen-bond donors (Lipinski definition) is 1. The van der Waals surface area contributed by atoms with Crippen LogP contribution in [0.5, 0.6) is 0 Å². The van der Waals surface area contributed by atoms with Crippen LogP contribution in [-0.2, 0) is 0 Å². The molecule has 0 aromatic heterocycles. The zero-order chi connectivity index (χ0) is 9.52. The van der Waals surface area contributed by atoms with Crippen molar-refractivity contribution in [3.05, 3.63) is 35.9 Å². The van der Waals surface area contributed by atoms with Crippen LogP contribution in [0.3, 0.4) is 0 Å². The van der Waals surface area contributed by atoms with Gasteiger partial charge in [-0.1, -0.05) is 30.3 Å². The maximum absolute atomic E-state index is 5.16. The van der Waals surface area contributed by atoms with E-state index in [-0.39, 0.29) is 0 Å². The number of nitrogens with one attached hydrogen (secondary N) is 1. The zero-order valence-electron chi connectivity index (χ0n) is 7.96. The molecule has 1 aromatic rings. The van der Waals surface area contributed by atoms with Crippen LogP contribution in [0.15, 0.2) is 30.3 Å². The molecule has 0 radical (unpaired) electrons. The van der Waals surface area contributed by atoms with Gasteiger partial charge in [-0.3, -0.25) is 0 Å². The van der Waals surface area contributed by atoms with E-state index in [4.69, 9.17) is 6.42 Å². The molecule has 1 atom stereocenters. The fourth-order valence-corrected chi connectivity index (χ4v) is 1.22. The van der Waals surface area contributed by atoms with Crippen molar-refractivity contribution >= 4 is 0 Å². The number of rotatable bonds is 4. The van der Waals surface area contributed by atoms with Gasteiger partial charge in [0.15, 0.2) is 0 Å². The Labute approximate surface area is 80.2 Å². The van der Waals surface area contributed by atoms with Crippen LogP contribution in [0.2, 0.25) is 0 Å². The molecule has 1 heteroatoms. The lowest BCUT2D eigenvalue weighted by molar-refractivity contribution is 0.584. The highest BCUT2D eigenvalue weighted by molar-refractivity contribution is 5.17. The molecule has 0 aliphatic rings. The van der Waals surface area contributed by atoms with Gasteiger partial charge in [0.1, 0.15) is 0 Å². The van der Waals surface area contributed by atoms with E-state index in [2.05, 4.69) is 42.4 Å². The Morgan fingerprint density at radius 1 is 1.38 bits per heavy atom. The number of hydrogen-bond acceptors (Lipinski definition) is 1. The third kappa shape index (κ3) is 3.31. The Balaban J connectivity index is 2.41. The first kappa shape index (κ1) is 9.83. The van der Waals surface area contributed by atoms with Crippen molar-refractivity contribution in [1.82, 2.24) is 5.32 Å². The summed E-state index contributed by atoms with van der Waals surface area (Å²) in [4.78, 5) is 0. The predicted octanol–water partition coefficient (Wildman–Crippen LogP) is 2.36. The molecule has 0 heterocycles. The molecule has 0 amide bonds. The van der Waals surface area contributed by atoms with Crippen molar-refractivity contribution in [3.63, 3.8) is 0 Å². The lowest BCUT2D eigenvalue weighted by atomic mass is 10.1. The molecule has 1 rings (SSSR count). The lowest BCUT2D eigenvalue weighted by Gasteiger charge is -2.12. The summed E-state index contributed by atoms with van der Waals surface area (Å²) >= 11 is 0. The Morgan fingerprint density at radius 3 is 2.69 bits per heavy atom. The maximum atomic E-state index is 5.16. The van der Waals surface area contributed by atoms with Gasteiger partial charge < -0.3 is 5.32 Å². The lowest BCUT2D eigenvalue weighted by Crippen LogP contribution is -2.19. The second-order valence-electron chi connectivity index (χ2n) is 3.04. The van der Waals surface area contributed by atoms with Gasteiger partial charge in [0.25, 0.3) is 0 Å². The van der Waals surface area contributed by atoms with Gasteiger partial charge in [-0.2, -0.15) is 0 Å². The van der Waals surface area contributed by atoms with E-state index in [1.165, 1.54) is 5.56 Å². The standard InChI is InChI=1S/C12H15N/c1-3-4-10-13-11(2)12-8-6-5-7-9-12/h1,5-9,11,13H,4,10H2,2H3/t11-/m0/s1. The molecule has 0 aliphatic carbocycles. The van der Waals surface area contributed by atoms with Crippen LogP contribution in [0.25, 0.3) is 0 Å². The van der Waals surface area contributed by atoms with Crippen molar-refractivity contribution in [1.29, 1.82) is 0 Å². The molecule has 1 N–H and O–H groups in total. The van der Waals surface area contributed by atoms with Gasteiger partial charge >= 0.3 is 0 Å². The van der Waals surface area contributed by atoms with Crippen LogP contribution in [0, 0.1) is 12.3 Å². The molecule has 13 heavy (non-hydrogen) atoms. The third-order valence-corrected chi connectivity index (χ3v) is 2.02. The van der Waals surface area contributed by atoms with Crippen LogP contribution >= 0.6 is 0 Å². The van der Waals surface area contributed by atoms with Crippen molar-refractivity contribution in [2.45, 2.75) is 19.4 Å². The molecule has 0 spiro atoms. The smallest absolute Gasteiger partial charge is 0.0292 e. The quantitative estimate of drug-likeness (QED) is 0.544. The fourth-order valence-electron chi connectivity index (χ4n) is 1.22. The Kier molecular flexibility index (Phi) is 4.08. The summed E-state index contributed by atoms with van der Waals surface area (Å²) in [6, 6.07) is 10.7.